The van der Waals surface area contributed by atoms with Crippen LogP contribution in [0, 0.1) is 12.7 Å². The lowest BCUT2D eigenvalue weighted by Gasteiger charge is -2.09. The van der Waals surface area contributed by atoms with Crippen LogP contribution >= 0.6 is 12.2 Å². The molecule has 0 radical (unpaired) electrons. The fourth-order valence-electron chi connectivity index (χ4n) is 2.65. The Hall–Kier alpha value is -2.93. The highest BCUT2D eigenvalue weighted by Crippen LogP contribution is 2.14. The molecule has 5 nitrogen and oxygen atoms in total. The van der Waals surface area contributed by atoms with Gasteiger partial charge in [0, 0.05) is 13.6 Å². The molecule has 2 aromatic carbocycles. The quantitative estimate of drug-likeness (QED) is 0.693. The van der Waals surface area contributed by atoms with Crippen LogP contribution in [0.4, 0.5) is 10.1 Å². The first kappa shape index (κ1) is 17.9. The summed E-state index contributed by atoms with van der Waals surface area (Å²) in [5, 5.41) is 6.35. The van der Waals surface area contributed by atoms with Crippen LogP contribution in [0.25, 0.3) is 5.69 Å². The number of nitrogens with one attached hydrogen (secondary N) is 2. The SMILES string of the molecule is Cc1c(NC(=S)NCc2ccc(F)cc2)c(=O)n(-c2ccccc2)n1C. The highest BCUT2D eigenvalue weighted by atomic mass is 32.1. The van der Waals surface area contributed by atoms with Crippen molar-refractivity contribution in [1.82, 2.24) is 14.7 Å². The number of hydrogen-bond acceptors (Lipinski definition) is 2. The van der Waals surface area contributed by atoms with Crippen LogP contribution in [0.1, 0.15) is 11.3 Å². The first-order valence-corrected chi connectivity index (χ1v) is 8.51. The molecule has 0 aliphatic rings. The van der Waals surface area contributed by atoms with E-state index in [4.69, 9.17) is 12.2 Å². The van der Waals surface area contributed by atoms with Crippen molar-refractivity contribution >= 4 is 23.0 Å². The van der Waals surface area contributed by atoms with Crippen molar-refractivity contribution in [2.75, 3.05) is 5.32 Å². The first-order chi connectivity index (χ1) is 12.5. The van der Waals surface area contributed by atoms with Gasteiger partial charge in [0.1, 0.15) is 11.5 Å². The maximum atomic E-state index is 12.9. The third-order valence-corrected chi connectivity index (χ3v) is 4.41. The van der Waals surface area contributed by atoms with Gasteiger partial charge in [-0.15, -0.1) is 0 Å². The van der Waals surface area contributed by atoms with E-state index < -0.39 is 0 Å². The zero-order chi connectivity index (χ0) is 18.7. The van der Waals surface area contributed by atoms with E-state index in [-0.39, 0.29) is 11.4 Å². The molecule has 0 saturated heterocycles. The number of halogens is 1. The molecule has 0 atom stereocenters. The van der Waals surface area contributed by atoms with Gasteiger partial charge in [0.2, 0.25) is 0 Å². The molecule has 0 fully saturated rings. The highest BCUT2D eigenvalue weighted by molar-refractivity contribution is 7.80. The Morgan fingerprint density at radius 1 is 1.12 bits per heavy atom. The molecule has 0 aliphatic heterocycles. The van der Waals surface area contributed by atoms with Crippen LogP contribution in [0.3, 0.4) is 0 Å². The van der Waals surface area contributed by atoms with Gasteiger partial charge >= 0.3 is 0 Å². The number of thiocarbonyl (C=S) groups is 1. The summed E-state index contributed by atoms with van der Waals surface area (Å²) in [6.07, 6.45) is 0. The molecule has 0 bridgehead atoms. The molecular formula is C19H19FN4OS. The summed E-state index contributed by atoms with van der Waals surface area (Å²) in [6, 6.07) is 15.6. The molecule has 0 saturated carbocycles. The smallest absolute Gasteiger partial charge is 0.295 e. The summed E-state index contributed by atoms with van der Waals surface area (Å²) in [7, 11) is 1.82. The van der Waals surface area contributed by atoms with Gasteiger partial charge in [-0.2, -0.15) is 0 Å². The van der Waals surface area contributed by atoms with E-state index in [0.29, 0.717) is 17.3 Å². The summed E-state index contributed by atoms with van der Waals surface area (Å²) in [4.78, 5) is 12.8. The predicted molar refractivity (Wildman–Crippen MR) is 105 cm³/mol. The molecule has 3 rings (SSSR count). The molecule has 26 heavy (non-hydrogen) atoms. The number of hydrogen-bond donors (Lipinski definition) is 2. The van der Waals surface area contributed by atoms with E-state index in [1.807, 2.05) is 44.3 Å². The average molecular weight is 370 g/mol. The second-order valence-electron chi connectivity index (χ2n) is 5.87. The Labute approximate surface area is 156 Å². The fourth-order valence-corrected chi connectivity index (χ4v) is 2.83. The molecule has 2 N–H and O–H groups in total. The molecule has 1 aromatic heterocycles. The summed E-state index contributed by atoms with van der Waals surface area (Å²) in [5.74, 6) is -0.282. The number of nitrogens with zero attached hydrogens (tertiary/aromatic N) is 2. The second-order valence-corrected chi connectivity index (χ2v) is 6.28. The van der Waals surface area contributed by atoms with Crippen LogP contribution in [-0.2, 0) is 13.6 Å². The normalized spacial score (nSPS) is 10.6. The van der Waals surface area contributed by atoms with Crippen LogP contribution in [0.15, 0.2) is 59.4 Å². The lowest BCUT2D eigenvalue weighted by molar-refractivity contribution is 0.627. The fraction of sp³-hybridized carbons (Fsp3) is 0.158. The van der Waals surface area contributed by atoms with Gasteiger partial charge in [0.25, 0.3) is 5.56 Å². The average Bonchev–Trinajstić information content (AvgIpc) is 2.85. The van der Waals surface area contributed by atoms with E-state index in [2.05, 4.69) is 10.6 Å². The molecule has 134 valence electrons. The van der Waals surface area contributed by atoms with E-state index in [1.165, 1.54) is 12.1 Å². The second kappa shape index (κ2) is 7.53. The van der Waals surface area contributed by atoms with Gasteiger partial charge < -0.3 is 10.6 Å². The minimum atomic E-state index is -0.282. The van der Waals surface area contributed by atoms with Crippen molar-refractivity contribution in [3.05, 3.63) is 82.0 Å². The first-order valence-electron chi connectivity index (χ1n) is 8.10. The third-order valence-electron chi connectivity index (χ3n) is 4.16. The Kier molecular flexibility index (Phi) is 5.18. The lowest BCUT2D eigenvalue weighted by Crippen LogP contribution is -2.30. The largest absolute Gasteiger partial charge is 0.358 e. The Bertz CT molecular complexity index is 977. The molecule has 0 amide bonds. The van der Waals surface area contributed by atoms with Gasteiger partial charge in [-0.25, -0.2) is 9.07 Å². The van der Waals surface area contributed by atoms with E-state index in [9.17, 15) is 9.18 Å². The molecule has 7 heteroatoms. The summed E-state index contributed by atoms with van der Waals surface area (Å²) < 4.78 is 16.3. The highest BCUT2D eigenvalue weighted by Gasteiger charge is 2.16. The van der Waals surface area contributed by atoms with Crippen molar-refractivity contribution in [3.63, 3.8) is 0 Å². The van der Waals surface area contributed by atoms with Gasteiger partial charge in [0.05, 0.1) is 11.4 Å². The van der Waals surface area contributed by atoms with Gasteiger partial charge in [-0.05, 0) is 49.0 Å². The molecule has 0 aliphatic carbocycles. The molecular weight excluding hydrogens is 351 g/mol. The number of anilines is 1. The van der Waals surface area contributed by atoms with Crippen molar-refractivity contribution in [3.8, 4) is 5.69 Å². The van der Waals surface area contributed by atoms with Crippen LogP contribution < -0.4 is 16.2 Å². The Balaban J connectivity index is 1.76. The van der Waals surface area contributed by atoms with Crippen molar-refractivity contribution in [2.24, 2.45) is 7.05 Å². The van der Waals surface area contributed by atoms with Crippen LogP contribution in [0.5, 0.6) is 0 Å². The van der Waals surface area contributed by atoms with E-state index in [0.717, 1.165) is 16.9 Å². The number of para-hydroxylation sites is 1. The number of rotatable bonds is 4. The van der Waals surface area contributed by atoms with Gasteiger partial charge in [-0.3, -0.25) is 9.48 Å². The van der Waals surface area contributed by atoms with Crippen LogP contribution in [-0.4, -0.2) is 14.5 Å². The topological polar surface area (TPSA) is 51.0 Å². The summed E-state index contributed by atoms with van der Waals surface area (Å²) >= 11 is 5.30. The molecule has 0 unspecified atom stereocenters. The predicted octanol–water partition coefficient (Wildman–Crippen LogP) is 3.11. The summed E-state index contributed by atoms with van der Waals surface area (Å²) in [6.45, 7) is 2.29. The molecule has 1 heterocycles. The Morgan fingerprint density at radius 2 is 1.77 bits per heavy atom. The van der Waals surface area contributed by atoms with Gasteiger partial charge in [0.15, 0.2) is 5.11 Å². The lowest BCUT2D eigenvalue weighted by atomic mass is 10.2. The zero-order valence-electron chi connectivity index (χ0n) is 14.5. The van der Waals surface area contributed by atoms with Crippen molar-refractivity contribution in [1.29, 1.82) is 0 Å². The number of benzene rings is 2. The summed E-state index contributed by atoms with van der Waals surface area (Å²) in [5.41, 5.74) is 2.68. The minimum Gasteiger partial charge on any atom is -0.358 e. The molecule has 3 aromatic rings. The maximum absolute atomic E-state index is 12.9. The van der Waals surface area contributed by atoms with Gasteiger partial charge in [-0.1, -0.05) is 30.3 Å². The standard InChI is InChI=1S/C19H19FN4OS/c1-13-17(18(25)24(23(13)2)16-6-4-3-5-7-16)22-19(26)21-12-14-8-10-15(20)11-9-14/h3-11H,12H2,1-2H3,(H2,21,22,26). The van der Waals surface area contributed by atoms with E-state index >= 15 is 0 Å². The van der Waals surface area contributed by atoms with Crippen molar-refractivity contribution < 1.29 is 4.39 Å². The van der Waals surface area contributed by atoms with Crippen molar-refractivity contribution in [2.45, 2.75) is 13.5 Å². The van der Waals surface area contributed by atoms with Crippen LogP contribution in [0.2, 0.25) is 0 Å². The van der Waals surface area contributed by atoms with E-state index in [1.54, 1.807) is 21.5 Å². The minimum absolute atomic E-state index is 0.179. The maximum Gasteiger partial charge on any atom is 0.295 e. The Morgan fingerprint density at radius 3 is 2.42 bits per heavy atom. The number of aromatic nitrogens is 2. The monoisotopic (exact) mass is 370 g/mol. The third kappa shape index (κ3) is 3.67. The zero-order valence-corrected chi connectivity index (χ0v) is 15.3. The molecule has 0 spiro atoms.